The summed E-state index contributed by atoms with van der Waals surface area (Å²) >= 11 is 0. The predicted molar refractivity (Wildman–Crippen MR) is 58.4 cm³/mol. The lowest BCUT2D eigenvalue weighted by molar-refractivity contribution is 0.0892. The number of hydrogen-bond donors (Lipinski definition) is 1. The Labute approximate surface area is 87.4 Å². The molecular weight excluding hydrogens is 174 g/mol. The molecule has 0 radical (unpaired) electrons. The molecule has 2 fully saturated rings. The van der Waals surface area contributed by atoms with Crippen LogP contribution in [0.2, 0.25) is 0 Å². The second-order valence-corrected chi connectivity index (χ2v) is 4.92. The first-order valence-electron chi connectivity index (χ1n) is 6.21. The summed E-state index contributed by atoms with van der Waals surface area (Å²) < 4.78 is 5.69. The zero-order chi connectivity index (χ0) is 9.80. The largest absolute Gasteiger partial charge is 0.377 e. The third kappa shape index (κ3) is 2.71. The fraction of sp³-hybridized carbons (Fsp3) is 1.00. The molecule has 82 valence electrons. The first-order chi connectivity index (χ1) is 6.86. The van der Waals surface area contributed by atoms with E-state index in [1.54, 1.807) is 0 Å². The molecule has 0 bridgehead atoms. The number of hydrogen-bond acceptors (Lipinski definition) is 2. The van der Waals surface area contributed by atoms with Crippen molar-refractivity contribution in [2.45, 2.75) is 57.6 Å². The lowest BCUT2D eigenvalue weighted by Crippen LogP contribution is -2.38. The Morgan fingerprint density at radius 3 is 2.57 bits per heavy atom. The van der Waals surface area contributed by atoms with E-state index in [0.29, 0.717) is 6.10 Å². The maximum absolute atomic E-state index is 5.69. The summed E-state index contributed by atoms with van der Waals surface area (Å²) in [7, 11) is 0. The van der Waals surface area contributed by atoms with Gasteiger partial charge in [-0.05, 0) is 25.2 Å². The van der Waals surface area contributed by atoms with Crippen molar-refractivity contribution in [3.63, 3.8) is 0 Å². The quantitative estimate of drug-likeness (QED) is 0.750. The highest BCUT2D eigenvalue weighted by Gasteiger charge is 2.24. The van der Waals surface area contributed by atoms with E-state index < -0.39 is 0 Å². The van der Waals surface area contributed by atoms with Crippen LogP contribution >= 0.6 is 0 Å². The zero-order valence-electron chi connectivity index (χ0n) is 9.30. The molecule has 1 saturated carbocycles. The average Bonchev–Trinajstić information content (AvgIpc) is 2.63. The Hall–Kier alpha value is -0.0800. The fourth-order valence-corrected chi connectivity index (χ4v) is 2.61. The lowest BCUT2D eigenvalue weighted by Gasteiger charge is -2.25. The molecule has 1 heterocycles. The predicted octanol–water partition coefficient (Wildman–Crippen LogP) is 2.33. The molecule has 0 amide bonds. The molecule has 1 aliphatic heterocycles. The van der Waals surface area contributed by atoms with Crippen molar-refractivity contribution >= 4 is 0 Å². The van der Waals surface area contributed by atoms with E-state index in [4.69, 9.17) is 4.74 Å². The normalized spacial score (nSPS) is 34.9. The smallest absolute Gasteiger partial charge is 0.0725 e. The third-order valence-electron chi connectivity index (χ3n) is 3.75. The summed E-state index contributed by atoms with van der Waals surface area (Å²) in [6.07, 6.45) is 8.75. The molecule has 1 N–H and O–H groups in total. The molecule has 2 aliphatic rings. The van der Waals surface area contributed by atoms with E-state index in [-0.39, 0.29) is 0 Å². The summed E-state index contributed by atoms with van der Waals surface area (Å²) in [6.45, 7) is 4.35. The molecule has 2 heteroatoms. The van der Waals surface area contributed by atoms with Crippen LogP contribution in [-0.2, 0) is 4.74 Å². The molecule has 2 rings (SSSR count). The second-order valence-electron chi connectivity index (χ2n) is 4.92. The molecule has 2 unspecified atom stereocenters. The number of rotatable bonds is 3. The Kier molecular flexibility index (Phi) is 3.82. The lowest BCUT2D eigenvalue weighted by atomic mass is 9.95. The van der Waals surface area contributed by atoms with E-state index in [1.807, 2.05) is 0 Å². The highest BCUT2D eigenvalue weighted by atomic mass is 16.5. The summed E-state index contributed by atoms with van der Waals surface area (Å²) in [5.41, 5.74) is 0. The number of nitrogens with one attached hydrogen (secondary N) is 1. The van der Waals surface area contributed by atoms with E-state index >= 15 is 0 Å². The molecule has 1 aliphatic carbocycles. The van der Waals surface area contributed by atoms with Crippen molar-refractivity contribution in [2.24, 2.45) is 5.92 Å². The molecular formula is C12H23NO. The third-order valence-corrected chi connectivity index (χ3v) is 3.75. The minimum atomic E-state index is 0.483. The van der Waals surface area contributed by atoms with Crippen molar-refractivity contribution in [1.82, 2.24) is 5.32 Å². The Balaban J connectivity index is 1.65. The van der Waals surface area contributed by atoms with Gasteiger partial charge in [-0.3, -0.25) is 0 Å². The van der Waals surface area contributed by atoms with Gasteiger partial charge in [-0.25, -0.2) is 0 Å². The average molecular weight is 197 g/mol. The van der Waals surface area contributed by atoms with Crippen molar-refractivity contribution in [2.75, 3.05) is 13.2 Å². The van der Waals surface area contributed by atoms with Gasteiger partial charge in [-0.1, -0.05) is 26.2 Å². The minimum Gasteiger partial charge on any atom is -0.377 e. The maximum Gasteiger partial charge on any atom is 0.0725 e. The summed E-state index contributed by atoms with van der Waals surface area (Å²) in [5.74, 6) is 0.756. The van der Waals surface area contributed by atoms with Crippen LogP contribution in [0, 0.1) is 5.92 Å². The number of ether oxygens (including phenoxy) is 1. The highest BCUT2D eigenvalue weighted by molar-refractivity contribution is 4.78. The first kappa shape index (κ1) is 10.4. The van der Waals surface area contributed by atoms with E-state index in [2.05, 4.69) is 12.2 Å². The van der Waals surface area contributed by atoms with Gasteiger partial charge in [0, 0.05) is 19.2 Å². The van der Waals surface area contributed by atoms with Crippen LogP contribution in [-0.4, -0.2) is 25.3 Å². The molecule has 0 aromatic heterocycles. The van der Waals surface area contributed by atoms with Gasteiger partial charge in [0.15, 0.2) is 0 Å². The Bertz CT molecular complexity index is 166. The van der Waals surface area contributed by atoms with Gasteiger partial charge in [-0.15, -0.1) is 0 Å². The first-order valence-corrected chi connectivity index (χ1v) is 6.21. The van der Waals surface area contributed by atoms with Crippen LogP contribution in [0.3, 0.4) is 0 Å². The van der Waals surface area contributed by atoms with Gasteiger partial charge in [0.25, 0.3) is 0 Å². The van der Waals surface area contributed by atoms with Crippen molar-refractivity contribution in [3.8, 4) is 0 Å². The van der Waals surface area contributed by atoms with Gasteiger partial charge < -0.3 is 10.1 Å². The van der Waals surface area contributed by atoms with Gasteiger partial charge in [0.2, 0.25) is 0 Å². The van der Waals surface area contributed by atoms with Crippen LogP contribution in [0.25, 0.3) is 0 Å². The van der Waals surface area contributed by atoms with Crippen LogP contribution < -0.4 is 5.32 Å². The molecule has 1 saturated heterocycles. The van der Waals surface area contributed by atoms with Crippen molar-refractivity contribution in [3.05, 3.63) is 0 Å². The molecule has 0 aromatic carbocycles. The summed E-state index contributed by atoms with van der Waals surface area (Å²) in [6, 6.07) is 0.778. The molecule has 2 atom stereocenters. The van der Waals surface area contributed by atoms with Crippen LogP contribution in [0.1, 0.15) is 45.4 Å². The SMILES string of the molecule is CC1CCOC1CNC1CCCCC1. The molecule has 14 heavy (non-hydrogen) atoms. The van der Waals surface area contributed by atoms with Gasteiger partial charge in [0.1, 0.15) is 0 Å². The van der Waals surface area contributed by atoms with E-state index in [1.165, 1.54) is 38.5 Å². The summed E-state index contributed by atoms with van der Waals surface area (Å²) in [5, 5.41) is 3.67. The van der Waals surface area contributed by atoms with Gasteiger partial charge >= 0.3 is 0 Å². The second kappa shape index (κ2) is 5.13. The molecule has 2 nitrogen and oxygen atoms in total. The Morgan fingerprint density at radius 1 is 1.14 bits per heavy atom. The maximum atomic E-state index is 5.69. The molecule has 0 spiro atoms. The zero-order valence-corrected chi connectivity index (χ0v) is 9.30. The van der Waals surface area contributed by atoms with Crippen molar-refractivity contribution in [1.29, 1.82) is 0 Å². The highest BCUT2D eigenvalue weighted by Crippen LogP contribution is 2.21. The van der Waals surface area contributed by atoms with E-state index in [0.717, 1.165) is 25.1 Å². The minimum absolute atomic E-state index is 0.483. The Morgan fingerprint density at radius 2 is 1.93 bits per heavy atom. The molecule has 0 aromatic rings. The van der Waals surface area contributed by atoms with Crippen LogP contribution in [0.4, 0.5) is 0 Å². The van der Waals surface area contributed by atoms with Crippen LogP contribution in [0.5, 0.6) is 0 Å². The standard InChI is InChI=1S/C12H23NO/c1-10-7-8-14-12(10)9-13-11-5-3-2-4-6-11/h10-13H,2-9H2,1H3. The van der Waals surface area contributed by atoms with Gasteiger partial charge in [0.05, 0.1) is 6.10 Å². The fourth-order valence-electron chi connectivity index (χ4n) is 2.61. The monoisotopic (exact) mass is 197 g/mol. The van der Waals surface area contributed by atoms with Crippen LogP contribution in [0.15, 0.2) is 0 Å². The van der Waals surface area contributed by atoms with Gasteiger partial charge in [-0.2, -0.15) is 0 Å². The topological polar surface area (TPSA) is 21.3 Å². The summed E-state index contributed by atoms with van der Waals surface area (Å²) in [4.78, 5) is 0. The van der Waals surface area contributed by atoms with E-state index in [9.17, 15) is 0 Å². The van der Waals surface area contributed by atoms with Crippen molar-refractivity contribution < 1.29 is 4.74 Å².